The van der Waals surface area contributed by atoms with E-state index in [1.807, 2.05) is 0 Å². The lowest BCUT2D eigenvalue weighted by molar-refractivity contribution is -0.143. The number of likely N-dealkylation sites (N-methyl/N-ethyl adjacent to an activating group) is 1. The molecule has 0 aliphatic rings. The predicted octanol–water partition coefficient (Wildman–Crippen LogP) is -0.334. The number of amides is 2. The number of nitrogens with zero attached hydrogens (tertiary/aromatic N) is 1. The van der Waals surface area contributed by atoms with Crippen molar-refractivity contribution >= 4 is 18.0 Å². The molecule has 0 saturated heterocycles. The Morgan fingerprint density at radius 2 is 2.00 bits per heavy atom. The van der Waals surface area contributed by atoms with Crippen LogP contribution in [0, 0.1) is 0 Å². The summed E-state index contributed by atoms with van der Waals surface area (Å²) in [5, 5.41) is 10.8. The highest BCUT2D eigenvalue weighted by atomic mass is 16.5. The van der Waals surface area contributed by atoms with Gasteiger partial charge in [-0.05, 0) is 6.92 Å². The molecular formula is C9H16N2O5. The van der Waals surface area contributed by atoms with Crippen LogP contribution in [0.25, 0.3) is 0 Å². The fourth-order valence-corrected chi connectivity index (χ4v) is 0.914. The molecule has 0 unspecified atom stereocenters. The third-order valence-corrected chi connectivity index (χ3v) is 1.63. The molecule has 0 fully saturated rings. The summed E-state index contributed by atoms with van der Waals surface area (Å²) in [6.07, 6.45) is 0.0699. The summed E-state index contributed by atoms with van der Waals surface area (Å²) in [7, 11) is 1.35. The van der Waals surface area contributed by atoms with E-state index < -0.39 is 18.0 Å². The molecule has 0 aliphatic heterocycles. The second kappa shape index (κ2) is 7.49. The smallest absolute Gasteiger partial charge is 0.323 e. The molecule has 16 heavy (non-hydrogen) atoms. The zero-order chi connectivity index (χ0) is 12.6. The summed E-state index contributed by atoms with van der Waals surface area (Å²) < 4.78 is 4.65. The van der Waals surface area contributed by atoms with Gasteiger partial charge in [-0.3, -0.25) is 9.59 Å². The summed E-state index contributed by atoms with van der Waals surface area (Å²) in [6, 6.07) is -0.535. The van der Waals surface area contributed by atoms with Gasteiger partial charge in [0.25, 0.3) is 0 Å². The zero-order valence-corrected chi connectivity index (χ0v) is 9.36. The normalized spacial score (nSPS) is 9.38. The maximum absolute atomic E-state index is 11.2. The standard InChI is InChI=1S/C9H16N2O5/c1-3-16-8(14)4-5-10-9(15)11(2)6-7(12)13/h3-6H2,1-2H3,(H,10,15)(H,12,13). The number of hydrogen-bond acceptors (Lipinski definition) is 4. The van der Waals surface area contributed by atoms with Crippen molar-refractivity contribution in [3.63, 3.8) is 0 Å². The third-order valence-electron chi connectivity index (χ3n) is 1.63. The second-order valence-electron chi connectivity index (χ2n) is 3.04. The van der Waals surface area contributed by atoms with Crippen molar-refractivity contribution in [2.24, 2.45) is 0 Å². The molecule has 0 radical (unpaired) electrons. The van der Waals surface area contributed by atoms with Gasteiger partial charge in [-0.25, -0.2) is 4.79 Å². The monoisotopic (exact) mass is 232 g/mol. The van der Waals surface area contributed by atoms with Crippen LogP contribution in [-0.4, -0.2) is 54.7 Å². The number of carbonyl (C=O) groups is 3. The molecule has 7 heteroatoms. The minimum atomic E-state index is -1.09. The summed E-state index contributed by atoms with van der Waals surface area (Å²) in [6.45, 7) is 1.73. The summed E-state index contributed by atoms with van der Waals surface area (Å²) >= 11 is 0. The Morgan fingerprint density at radius 3 is 2.50 bits per heavy atom. The molecule has 0 saturated carbocycles. The van der Waals surface area contributed by atoms with Gasteiger partial charge in [0.1, 0.15) is 6.54 Å². The molecule has 0 bridgehead atoms. The lowest BCUT2D eigenvalue weighted by Gasteiger charge is -2.15. The Kier molecular flexibility index (Phi) is 6.66. The van der Waals surface area contributed by atoms with Crippen LogP contribution in [-0.2, 0) is 14.3 Å². The molecule has 2 N–H and O–H groups in total. The van der Waals surface area contributed by atoms with Gasteiger partial charge in [0, 0.05) is 13.6 Å². The van der Waals surface area contributed by atoms with Crippen molar-refractivity contribution in [3.8, 4) is 0 Å². The van der Waals surface area contributed by atoms with Crippen LogP contribution in [0.2, 0.25) is 0 Å². The average Bonchev–Trinajstić information content (AvgIpc) is 2.16. The predicted molar refractivity (Wildman–Crippen MR) is 54.9 cm³/mol. The van der Waals surface area contributed by atoms with E-state index in [4.69, 9.17) is 5.11 Å². The summed E-state index contributed by atoms with van der Waals surface area (Å²) in [5.74, 6) is -1.49. The van der Waals surface area contributed by atoms with E-state index in [0.29, 0.717) is 6.61 Å². The minimum absolute atomic E-state index is 0.0699. The van der Waals surface area contributed by atoms with Gasteiger partial charge < -0.3 is 20.1 Å². The first kappa shape index (κ1) is 14.2. The molecule has 7 nitrogen and oxygen atoms in total. The lowest BCUT2D eigenvalue weighted by Crippen LogP contribution is -2.40. The van der Waals surface area contributed by atoms with E-state index >= 15 is 0 Å². The minimum Gasteiger partial charge on any atom is -0.480 e. The van der Waals surface area contributed by atoms with E-state index in [9.17, 15) is 14.4 Å². The number of rotatable bonds is 6. The molecule has 0 aliphatic carbocycles. The van der Waals surface area contributed by atoms with Crippen LogP contribution >= 0.6 is 0 Å². The number of carboxylic acids is 1. The molecular weight excluding hydrogens is 216 g/mol. The fraction of sp³-hybridized carbons (Fsp3) is 0.667. The van der Waals surface area contributed by atoms with Gasteiger partial charge >= 0.3 is 18.0 Å². The number of ether oxygens (including phenoxy) is 1. The number of carboxylic acid groups (broad SMARTS) is 1. The molecule has 0 atom stereocenters. The van der Waals surface area contributed by atoms with E-state index in [1.54, 1.807) is 6.92 Å². The maximum Gasteiger partial charge on any atom is 0.323 e. The molecule has 0 spiro atoms. The highest BCUT2D eigenvalue weighted by Crippen LogP contribution is 1.87. The second-order valence-corrected chi connectivity index (χ2v) is 3.04. The highest BCUT2D eigenvalue weighted by molar-refractivity contribution is 5.80. The number of carbonyl (C=O) groups excluding carboxylic acids is 2. The molecule has 0 rings (SSSR count). The molecule has 2 amide bonds. The Morgan fingerprint density at radius 1 is 1.38 bits per heavy atom. The quantitative estimate of drug-likeness (QED) is 0.611. The topological polar surface area (TPSA) is 95.9 Å². The number of urea groups is 1. The van der Waals surface area contributed by atoms with Gasteiger partial charge in [0.15, 0.2) is 0 Å². The van der Waals surface area contributed by atoms with E-state index in [1.165, 1.54) is 7.05 Å². The van der Waals surface area contributed by atoms with E-state index in [-0.39, 0.29) is 19.5 Å². The van der Waals surface area contributed by atoms with Crippen LogP contribution in [0.4, 0.5) is 4.79 Å². The first-order chi connectivity index (χ1) is 7.47. The molecule has 0 aromatic rings. The number of esters is 1. The molecule has 0 aromatic heterocycles. The summed E-state index contributed by atoms with van der Waals surface area (Å²) in [5.41, 5.74) is 0. The van der Waals surface area contributed by atoms with Crippen LogP contribution in [0.15, 0.2) is 0 Å². The Hall–Kier alpha value is -1.79. The van der Waals surface area contributed by atoms with Crippen LogP contribution in [0.1, 0.15) is 13.3 Å². The highest BCUT2D eigenvalue weighted by Gasteiger charge is 2.11. The first-order valence-electron chi connectivity index (χ1n) is 4.83. The van der Waals surface area contributed by atoms with Crippen LogP contribution in [0.5, 0.6) is 0 Å². The lowest BCUT2D eigenvalue weighted by atomic mass is 10.4. The van der Waals surface area contributed by atoms with Gasteiger partial charge in [0.2, 0.25) is 0 Å². The third kappa shape index (κ3) is 6.63. The molecule has 92 valence electrons. The zero-order valence-electron chi connectivity index (χ0n) is 9.36. The number of hydrogen-bond donors (Lipinski definition) is 2. The van der Waals surface area contributed by atoms with E-state index in [2.05, 4.69) is 10.1 Å². The van der Waals surface area contributed by atoms with Crippen molar-refractivity contribution in [3.05, 3.63) is 0 Å². The van der Waals surface area contributed by atoms with E-state index in [0.717, 1.165) is 4.90 Å². The van der Waals surface area contributed by atoms with Crippen molar-refractivity contribution in [2.75, 3.05) is 26.7 Å². The molecule has 0 heterocycles. The number of nitrogens with one attached hydrogen (secondary N) is 1. The van der Waals surface area contributed by atoms with Crippen molar-refractivity contribution < 1.29 is 24.2 Å². The number of aliphatic carboxylic acids is 1. The van der Waals surface area contributed by atoms with Gasteiger partial charge in [-0.2, -0.15) is 0 Å². The Bertz CT molecular complexity index is 267. The van der Waals surface area contributed by atoms with Crippen molar-refractivity contribution in [1.29, 1.82) is 0 Å². The average molecular weight is 232 g/mol. The molecule has 0 aromatic carbocycles. The Balaban J connectivity index is 3.72. The SMILES string of the molecule is CCOC(=O)CCNC(=O)N(C)CC(=O)O. The van der Waals surface area contributed by atoms with Crippen LogP contribution < -0.4 is 5.32 Å². The van der Waals surface area contributed by atoms with Gasteiger partial charge in [-0.1, -0.05) is 0 Å². The van der Waals surface area contributed by atoms with Gasteiger partial charge in [0.05, 0.1) is 13.0 Å². The first-order valence-corrected chi connectivity index (χ1v) is 4.83. The van der Waals surface area contributed by atoms with Crippen molar-refractivity contribution in [1.82, 2.24) is 10.2 Å². The maximum atomic E-state index is 11.2. The Labute approximate surface area is 93.4 Å². The van der Waals surface area contributed by atoms with Gasteiger partial charge in [-0.15, -0.1) is 0 Å². The fourth-order valence-electron chi connectivity index (χ4n) is 0.914. The van der Waals surface area contributed by atoms with Crippen molar-refractivity contribution in [2.45, 2.75) is 13.3 Å². The van der Waals surface area contributed by atoms with Crippen LogP contribution in [0.3, 0.4) is 0 Å². The largest absolute Gasteiger partial charge is 0.480 e. The summed E-state index contributed by atoms with van der Waals surface area (Å²) in [4.78, 5) is 33.4.